The van der Waals surface area contributed by atoms with E-state index in [9.17, 15) is 4.79 Å². The van der Waals surface area contributed by atoms with Crippen LogP contribution >= 0.6 is 0 Å². The van der Waals surface area contributed by atoms with Gasteiger partial charge >= 0.3 is 0 Å². The van der Waals surface area contributed by atoms with Crippen LogP contribution in [0.1, 0.15) is 34.9 Å². The molecule has 0 spiro atoms. The van der Waals surface area contributed by atoms with E-state index in [0.29, 0.717) is 31.1 Å². The van der Waals surface area contributed by atoms with Gasteiger partial charge in [0.15, 0.2) is 5.82 Å². The summed E-state index contributed by atoms with van der Waals surface area (Å²) in [4.78, 5) is 31.3. The minimum absolute atomic E-state index is 0.0130. The maximum absolute atomic E-state index is 13.5. The number of anilines is 1. The Bertz CT molecular complexity index is 1120. The molecule has 5 rings (SSSR count). The van der Waals surface area contributed by atoms with Crippen LogP contribution in [-0.4, -0.2) is 65.7 Å². The normalized spacial score (nSPS) is 18.4. The van der Waals surface area contributed by atoms with E-state index in [2.05, 4.69) is 14.9 Å². The molecule has 0 radical (unpaired) electrons. The van der Waals surface area contributed by atoms with Gasteiger partial charge in [-0.25, -0.2) is 15.0 Å². The van der Waals surface area contributed by atoms with Gasteiger partial charge in [-0.05, 0) is 55.3 Å². The van der Waals surface area contributed by atoms with Crippen molar-refractivity contribution in [3.05, 3.63) is 66.1 Å². The van der Waals surface area contributed by atoms with E-state index in [1.807, 2.05) is 41.3 Å². The summed E-state index contributed by atoms with van der Waals surface area (Å²) in [6.45, 7) is 3.63. The number of carbonyl (C=O) groups is 1. The highest BCUT2D eigenvalue weighted by Gasteiger charge is 2.32. The Balaban J connectivity index is 1.37. The smallest absolute Gasteiger partial charge is 0.254 e. The quantitative estimate of drug-likeness (QED) is 0.596. The van der Waals surface area contributed by atoms with Gasteiger partial charge in [0.2, 0.25) is 0 Å². The molecule has 1 aromatic carbocycles. The van der Waals surface area contributed by atoms with E-state index in [-0.39, 0.29) is 11.9 Å². The number of amides is 1. The van der Waals surface area contributed by atoms with E-state index in [1.54, 1.807) is 25.6 Å². The third-order valence-corrected chi connectivity index (χ3v) is 6.21. The zero-order valence-electron chi connectivity index (χ0n) is 18.7. The second kappa shape index (κ2) is 9.54. The summed E-state index contributed by atoms with van der Waals surface area (Å²) in [5.74, 6) is 2.27. The molecule has 8 nitrogen and oxygen atoms in total. The average Bonchev–Trinajstić information content (AvgIpc) is 3.39. The largest absolute Gasteiger partial charge is 0.497 e. The maximum atomic E-state index is 13.5. The lowest BCUT2D eigenvalue weighted by Gasteiger charge is -2.28. The predicted molar refractivity (Wildman–Crippen MR) is 124 cm³/mol. The number of likely N-dealkylation sites (tertiary alicyclic amines) is 1. The highest BCUT2D eigenvalue weighted by Crippen LogP contribution is 2.33. The van der Waals surface area contributed by atoms with E-state index in [0.717, 1.165) is 48.8 Å². The summed E-state index contributed by atoms with van der Waals surface area (Å²) < 4.78 is 10.7. The molecule has 0 bridgehead atoms. The third kappa shape index (κ3) is 4.52. The van der Waals surface area contributed by atoms with Gasteiger partial charge in [-0.15, -0.1) is 0 Å². The van der Waals surface area contributed by atoms with Gasteiger partial charge in [-0.1, -0.05) is 0 Å². The van der Waals surface area contributed by atoms with E-state index in [4.69, 9.17) is 14.5 Å². The fourth-order valence-electron chi connectivity index (χ4n) is 4.44. The fraction of sp³-hybridized carbons (Fsp3) is 0.360. The average molecular weight is 446 g/mol. The van der Waals surface area contributed by atoms with Gasteiger partial charge in [-0.3, -0.25) is 4.79 Å². The number of hydrogen-bond acceptors (Lipinski definition) is 7. The summed E-state index contributed by atoms with van der Waals surface area (Å²) in [6, 6.07) is 13.2. The summed E-state index contributed by atoms with van der Waals surface area (Å²) in [6.07, 6.45) is 5.31. The van der Waals surface area contributed by atoms with Crippen LogP contribution in [-0.2, 0) is 4.74 Å². The van der Waals surface area contributed by atoms with E-state index in [1.165, 1.54) is 0 Å². The Morgan fingerprint density at radius 3 is 2.61 bits per heavy atom. The zero-order valence-corrected chi connectivity index (χ0v) is 18.7. The first-order valence-corrected chi connectivity index (χ1v) is 11.3. The summed E-state index contributed by atoms with van der Waals surface area (Å²) >= 11 is 0. The van der Waals surface area contributed by atoms with E-state index >= 15 is 0 Å². The van der Waals surface area contributed by atoms with Crippen LogP contribution in [0.2, 0.25) is 0 Å². The van der Waals surface area contributed by atoms with Crippen molar-refractivity contribution in [3.8, 4) is 17.1 Å². The van der Waals surface area contributed by atoms with Crippen molar-refractivity contribution in [1.29, 1.82) is 0 Å². The lowest BCUT2D eigenvalue weighted by molar-refractivity contribution is 0.0732. The molecule has 4 heterocycles. The van der Waals surface area contributed by atoms with Crippen molar-refractivity contribution in [2.45, 2.75) is 18.9 Å². The molecule has 33 heavy (non-hydrogen) atoms. The van der Waals surface area contributed by atoms with Crippen LogP contribution in [0.5, 0.6) is 5.75 Å². The number of carbonyl (C=O) groups excluding carboxylic acids is 1. The zero-order chi connectivity index (χ0) is 22.6. The van der Waals surface area contributed by atoms with Gasteiger partial charge in [0.1, 0.15) is 11.6 Å². The molecule has 1 unspecified atom stereocenters. The number of aromatic nitrogens is 3. The lowest BCUT2D eigenvalue weighted by Crippen LogP contribution is -2.37. The van der Waals surface area contributed by atoms with Gasteiger partial charge < -0.3 is 19.3 Å². The van der Waals surface area contributed by atoms with Gasteiger partial charge in [0.25, 0.3) is 5.91 Å². The molecule has 2 fully saturated rings. The number of nitrogens with zero attached hydrogens (tertiary/aromatic N) is 5. The van der Waals surface area contributed by atoms with Crippen LogP contribution in [0.25, 0.3) is 11.4 Å². The predicted octanol–water partition coefficient (Wildman–Crippen LogP) is 3.36. The number of methoxy groups -OCH3 is 1. The molecule has 2 aromatic heterocycles. The molecule has 1 atom stereocenters. The Morgan fingerprint density at radius 1 is 1.03 bits per heavy atom. The topological polar surface area (TPSA) is 80.7 Å². The van der Waals surface area contributed by atoms with Crippen LogP contribution < -0.4 is 9.64 Å². The monoisotopic (exact) mass is 445 g/mol. The van der Waals surface area contributed by atoms with Crippen molar-refractivity contribution in [2.75, 3.05) is 44.9 Å². The molecule has 2 aliphatic heterocycles. The molecule has 0 saturated carbocycles. The van der Waals surface area contributed by atoms with Crippen LogP contribution in [0.15, 0.2) is 54.9 Å². The lowest BCUT2D eigenvalue weighted by atomic mass is 10.1. The standard InChI is InChI=1S/C25H27N5O3/c1-32-20-6-4-18(5-7-20)24-27-11-9-21(28-24)22-3-2-12-30(22)25(31)19-8-10-26-23(17-19)29-13-15-33-16-14-29/h4-11,17,22H,2-3,12-16H2,1H3. The first-order chi connectivity index (χ1) is 16.2. The Labute approximate surface area is 193 Å². The summed E-state index contributed by atoms with van der Waals surface area (Å²) in [5, 5.41) is 0. The molecule has 0 N–H and O–H groups in total. The maximum Gasteiger partial charge on any atom is 0.254 e. The first kappa shape index (κ1) is 21.3. The molecule has 8 heteroatoms. The molecule has 2 saturated heterocycles. The van der Waals surface area contributed by atoms with Crippen LogP contribution in [0.4, 0.5) is 5.82 Å². The second-order valence-electron chi connectivity index (χ2n) is 8.19. The van der Waals surface area contributed by atoms with Crippen LogP contribution in [0.3, 0.4) is 0 Å². The molecular formula is C25H27N5O3. The molecule has 2 aliphatic rings. The Morgan fingerprint density at radius 2 is 1.82 bits per heavy atom. The number of morpholine rings is 1. The van der Waals surface area contributed by atoms with Crippen molar-refractivity contribution in [3.63, 3.8) is 0 Å². The highest BCUT2D eigenvalue weighted by atomic mass is 16.5. The van der Waals surface area contributed by atoms with Crippen molar-refractivity contribution >= 4 is 11.7 Å². The van der Waals surface area contributed by atoms with Gasteiger partial charge in [0.05, 0.1) is 32.1 Å². The van der Waals surface area contributed by atoms with Crippen molar-refractivity contribution < 1.29 is 14.3 Å². The molecular weight excluding hydrogens is 418 g/mol. The van der Waals surface area contributed by atoms with Crippen molar-refractivity contribution in [2.24, 2.45) is 0 Å². The molecule has 1 amide bonds. The number of benzene rings is 1. The van der Waals surface area contributed by atoms with Crippen molar-refractivity contribution in [1.82, 2.24) is 19.9 Å². The summed E-state index contributed by atoms with van der Waals surface area (Å²) in [7, 11) is 1.64. The summed E-state index contributed by atoms with van der Waals surface area (Å²) in [5.41, 5.74) is 2.43. The molecule has 0 aliphatic carbocycles. The molecule has 3 aromatic rings. The number of ether oxygens (including phenoxy) is 2. The third-order valence-electron chi connectivity index (χ3n) is 6.21. The second-order valence-corrected chi connectivity index (χ2v) is 8.19. The SMILES string of the molecule is COc1ccc(-c2nccc(C3CCCN3C(=O)c3ccnc(N4CCOCC4)c3)n2)cc1. The number of rotatable bonds is 5. The Hall–Kier alpha value is -3.52. The minimum atomic E-state index is -0.0718. The molecule has 170 valence electrons. The number of hydrogen-bond donors (Lipinski definition) is 0. The fourth-order valence-corrected chi connectivity index (χ4v) is 4.44. The first-order valence-electron chi connectivity index (χ1n) is 11.3. The van der Waals surface area contributed by atoms with Gasteiger partial charge in [-0.2, -0.15) is 0 Å². The van der Waals surface area contributed by atoms with Crippen LogP contribution in [0, 0.1) is 0 Å². The minimum Gasteiger partial charge on any atom is -0.497 e. The number of pyridine rings is 1. The highest BCUT2D eigenvalue weighted by molar-refractivity contribution is 5.95. The van der Waals surface area contributed by atoms with Gasteiger partial charge in [0, 0.05) is 43.2 Å². The Kier molecular flexibility index (Phi) is 6.17. The van der Waals surface area contributed by atoms with E-state index < -0.39 is 0 Å².